The number of aldehydes is 1. The molecular formula is C18H20N2O3. The summed E-state index contributed by atoms with van der Waals surface area (Å²) in [7, 11) is 0. The van der Waals surface area contributed by atoms with Crippen LogP contribution in [0.1, 0.15) is 28.8 Å². The van der Waals surface area contributed by atoms with E-state index < -0.39 is 5.79 Å². The zero-order chi connectivity index (χ0) is 15.9. The van der Waals surface area contributed by atoms with Crippen LogP contribution in [0, 0.1) is 6.92 Å². The minimum Gasteiger partial charge on any atom is -0.370 e. The van der Waals surface area contributed by atoms with E-state index in [0.29, 0.717) is 18.8 Å². The van der Waals surface area contributed by atoms with Crippen molar-refractivity contribution in [3.8, 4) is 0 Å². The number of benzene rings is 1. The minimum atomic E-state index is -0.406. The van der Waals surface area contributed by atoms with Gasteiger partial charge in [-0.1, -0.05) is 11.6 Å². The number of aromatic nitrogens is 1. The molecule has 1 spiro atoms. The maximum Gasteiger partial charge on any atom is 0.171 e. The van der Waals surface area contributed by atoms with E-state index in [2.05, 4.69) is 22.9 Å². The van der Waals surface area contributed by atoms with E-state index in [0.717, 1.165) is 48.8 Å². The predicted octanol–water partition coefficient (Wildman–Crippen LogP) is 2.70. The van der Waals surface area contributed by atoms with Crippen molar-refractivity contribution in [1.29, 1.82) is 0 Å². The summed E-state index contributed by atoms with van der Waals surface area (Å²) in [4.78, 5) is 18.2. The van der Waals surface area contributed by atoms with Gasteiger partial charge in [0.1, 0.15) is 0 Å². The number of aryl methyl sites for hydroxylation is 1. The Bertz CT molecular complexity index is 743. The number of piperidine rings is 1. The normalized spacial score (nSPS) is 20.3. The Labute approximate surface area is 135 Å². The lowest BCUT2D eigenvalue weighted by Crippen LogP contribution is -2.45. The largest absolute Gasteiger partial charge is 0.370 e. The SMILES string of the molecule is Cc1ccc2ncc(C=O)c(N3CCC4(CC3)OCCO4)c2c1. The topological polar surface area (TPSA) is 51.7 Å². The number of hydrogen-bond donors (Lipinski definition) is 0. The number of anilines is 1. The van der Waals surface area contributed by atoms with Gasteiger partial charge in [-0.2, -0.15) is 0 Å². The van der Waals surface area contributed by atoms with Crippen LogP contribution < -0.4 is 4.90 Å². The molecule has 1 aromatic heterocycles. The quantitative estimate of drug-likeness (QED) is 0.798. The maximum absolute atomic E-state index is 11.5. The van der Waals surface area contributed by atoms with E-state index in [1.807, 2.05) is 12.1 Å². The Morgan fingerprint density at radius 3 is 2.65 bits per heavy atom. The van der Waals surface area contributed by atoms with Crippen molar-refractivity contribution in [3.63, 3.8) is 0 Å². The van der Waals surface area contributed by atoms with Crippen LogP contribution in [-0.2, 0) is 9.47 Å². The third kappa shape index (κ3) is 2.50. The molecule has 0 amide bonds. The van der Waals surface area contributed by atoms with Crippen molar-refractivity contribution in [3.05, 3.63) is 35.5 Å². The van der Waals surface area contributed by atoms with E-state index >= 15 is 0 Å². The maximum atomic E-state index is 11.5. The Morgan fingerprint density at radius 1 is 1.22 bits per heavy atom. The van der Waals surface area contributed by atoms with Crippen LogP contribution in [0.5, 0.6) is 0 Å². The number of fused-ring (bicyclic) bond motifs is 1. The van der Waals surface area contributed by atoms with E-state index in [1.165, 1.54) is 5.56 Å². The second-order valence-corrected chi connectivity index (χ2v) is 6.30. The first kappa shape index (κ1) is 14.6. The lowest BCUT2D eigenvalue weighted by Gasteiger charge is -2.39. The van der Waals surface area contributed by atoms with Crippen LogP contribution in [0.2, 0.25) is 0 Å². The summed E-state index contributed by atoms with van der Waals surface area (Å²) >= 11 is 0. The molecule has 2 fully saturated rings. The second-order valence-electron chi connectivity index (χ2n) is 6.30. The van der Waals surface area contributed by atoms with Gasteiger partial charge in [-0.15, -0.1) is 0 Å². The van der Waals surface area contributed by atoms with Crippen LogP contribution in [-0.4, -0.2) is 43.4 Å². The highest BCUT2D eigenvalue weighted by atomic mass is 16.7. The molecule has 0 unspecified atom stereocenters. The first-order valence-electron chi connectivity index (χ1n) is 8.08. The molecule has 2 aromatic rings. The molecule has 2 aliphatic rings. The van der Waals surface area contributed by atoms with Gasteiger partial charge in [-0.3, -0.25) is 9.78 Å². The van der Waals surface area contributed by atoms with Crippen molar-refractivity contribution in [2.24, 2.45) is 0 Å². The standard InChI is InChI=1S/C18H20N2O3/c1-13-2-3-16-15(10-13)17(14(12-21)11-19-16)20-6-4-18(5-7-20)22-8-9-23-18/h2-3,10-12H,4-9H2,1H3. The van der Waals surface area contributed by atoms with Gasteiger partial charge in [0, 0.05) is 37.5 Å². The van der Waals surface area contributed by atoms with E-state index in [9.17, 15) is 4.79 Å². The summed E-state index contributed by atoms with van der Waals surface area (Å²) in [5.74, 6) is -0.406. The average Bonchev–Trinajstić information content (AvgIpc) is 3.03. The number of hydrogen-bond acceptors (Lipinski definition) is 5. The molecule has 2 saturated heterocycles. The van der Waals surface area contributed by atoms with Gasteiger partial charge in [-0.25, -0.2) is 0 Å². The van der Waals surface area contributed by atoms with Crippen LogP contribution in [0.25, 0.3) is 10.9 Å². The molecule has 1 aromatic carbocycles. The summed E-state index contributed by atoms with van der Waals surface area (Å²) in [5, 5.41) is 1.04. The Kier molecular flexibility index (Phi) is 3.54. The minimum absolute atomic E-state index is 0.406. The van der Waals surface area contributed by atoms with Gasteiger partial charge in [-0.05, 0) is 19.1 Å². The monoisotopic (exact) mass is 312 g/mol. The van der Waals surface area contributed by atoms with Gasteiger partial charge < -0.3 is 14.4 Å². The number of carbonyl (C=O) groups excluding carboxylic acids is 1. The van der Waals surface area contributed by atoms with Gasteiger partial charge in [0.25, 0.3) is 0 Å². The first-order valence-corrected chi connectivity index (χ1v) is 8.08. The fraction of sp³-hybridized carbons (Fsp3) is 0.444. The zero-order valence-corrected chi connectivity index (χ0v) is 13.2. The molecule has 0 radical (unpaired) electrons. The summed E-state index contributed by atoms with van der Waals surface area (Å²) in [5.41, 5.74) is 3.72. The average molecular weight is 312 g/mol. The Balaban J connectivity index is 1.73. The molecule has 0 aliphatic carbocycles. The number of rotatable bonds is 2. The van der Waals surface area contributed by atoms with Crippen molar-refractivity contribution in [2.45, 2.75) is 25.6 Å². The molecule has 0 atom stereocenters. The highest BCUT2D eigenvalue weighted by Gasteiger charge is 2.40. The highest BCUT2D eigenvalue weighted by Crippen LogP contribution is 2.36. The molecule has 120 valence electrons. The molecule has 2 aliphatic heterocycles. The summed E-state index contributed by atoms with van der Waals surface area (Å²) in [6.07, 6.45) is 4.21. The number of pyridine rings is 1. The zero-order valence-electron chi connectivity index (χ0n) is 13.2. The summed E-state index contributed by atoms with van der Waals surface area (Å²) in [6, 6.07) is 6.17. The molecular weight excluding hydrogens is 292 g/mol. The summed E-state index contributed by atoms with van der Waals surface area (Å²) in [6.45, 7) is 5.04. The van der Waals surface area contributed by atoms with Crippen LogP contribution >= 0.6 is 0 Å². The van der Waals surface area contributed by atoms with E-state index in [1.54, 1.807) is 6.20 Å². The highest BCUT2D eigenvalue weighted by molar-refractivity contribution is 6.00. The molecule has 5 nitrogen and oxygen atoms in total. The predicted molar refractivity (Wildman–Crippen MR) is 87.9 cm³/mol. The summed E-state index contributed by atoms with van der Waals surface area (Å²) < 4.78 is 11.6. The molecule has 3 heterocycles. The van der Waals surface area contributed by atoms with Gasteiger partial charge in [0.15, 0.2) is 12.1 Å². The van der Waals surface area contributed by atoms with Crippen molar-refractivity contribution >= 4 is 22.9 Å². The van der Waals surface area contributed by atoms with Crippen molar-refractivity contribution in [1.82, 2.24) is 4.98 Å². The lowest BCUT2D eigenvalue weighted by molar-refractivity contribution is -0.169. The molecule has 0 bridgehead atoms. The third-order valence-electron chi connectivity index (χ3n) is 4.81. The number of carbonyl (C=O) groups is 1. The molecule has 0 saturated carbocycles. The molecule has 23 heavy (non-hydrogen) atoms. The van der Waals surface area contributed by atoms with Crippen LogP contribution in [0.3, 0.4) is 0 Å². The van der Waals surface area contributed by atoms with Crippen LogP contribution in [0.15, 0.2) is 24.4 Å². The fourth-order valence-corrected chi connectivity index (χ4v) is 3.60. The fourth-order valence-electron chi connectivity index (χ4n) is 3.60. The van der Waals surface area contributed by atoms with Crippen molar-refractivity contribution < 1.29 is 14.3 Å². The third-order valence-corrected chi connectivity index (χ3v) is 4.81. The smallest absolute Gasteiger partial charge is 0.171 e. The van der Waals surface area contributed by atoms with Gasteiger partial charge in [0.05, 0.1) is 30.0 Å². The van der Waals surface area contributed by atoms with Crippen LogP contribution in [0.4, 0.5) is 5.69 Å². The van der Waals surface area contributed by atoms with E-state index in [4.69, 9.17) is 9.47 Å². The molecule has 5 heteroatoms. The number of nitrogens with zero attached hydrogens (tertiary/aromatic N) is 2. The van der Waals surface area contributed by atoms with Gasteiger partial charge >= 0.3 is 0 Å². The lowest BCUT2D eigenvalue weighted by atomic mass is 10.00. The molecule has 0 N–H and O–H groups in total. The van der Waals surface area contributed by atoms with Gasteiger partial charge in [0.2, 0.25) is 0 Å². The first-order chi connectivity index (χ1) is 11.2. The number of ether oxygens (including phenoxy) is 2. The Morgan fingerprint density at radius 2 is 1.96 bits per heavy atom. The second kappa shape index (κ2) is 5.58. The van der Waals surface area contributed by atoms with Crippen molar-refractivity contribution in [2.75, 3.05) is 31.2 Å². The van der Waals surface area contributed by atoms with E-state index in [-0.39, 0.29) is 0 Å². The Hall–Kier alpha value is -1.98. The molecule has 4 rings (SSSR count).